The summed E-state index contributed by atoms with van der Waals surface area (Å²) in [6, 6.07) is 10.2. The summed E-state index contributed by atoms with van der Waals surface area (Å²) in [7, 11) is 0. The van der Waals surface area contributed by atoms with Gasteiger partial charge >= 0.3 is 0 Å². The highest BCUT2D eigenvalue weighted by molar-refractivity contribution is 5.94. The number of hydrogen-bond acceptors (Lipinski definition) is 3. The Morgan fingerprint density at radius 1 is 1.15 bits per heavy atom. The fourth-order valence-electron chi connectivity index (χ4n) is 3.62. The minimum Gasteiger partial charge on any atom is -0.352 e. The minimum absolute atomic E-state index is 0.172. The Balaban J connectivity index is 1.46. The molecule has 0 unspecified atom stereocenters. The number of nitrogens with zero attached hydrogens (tertiary/aromatic N) is 3. The van der Waals surface area contributed by atoms with Crippen LogP contribution in [0.5, 0.6) is 0 Å². The maximum atomic E-state index is 13.6. The first-order valence-corrected chi connectivity index (χ1v) is 9.08. The number of carbonyl (C=O) groups is 1. The summed E-state index contributed by atoms with van der Waals surface area (Å²) in [6.45, 7) is 0.384. The van der Waals surface area contributed by atoms with Gasteiger partial charge in [0.15, 0.2) is 5.65 Å². The maximum Gasteiger partial charge on any atom is 0.252 e. The molecule has 134 valence electrons. The van der Waals surface area contributed by atoms with Crippen molar-refractivity contribution in [1.29, 1.82) is 0 Å². The summed E-state index contributed by atoms with van der Waals surface area (Å²) in [5.74, 6) is 0.950. The van der Waals surface area contributed by atoms with Crippen LogP contribution in [-0.4, -0.2) is 27.0 Å². The summed E-state index contributed by atoms with van der Waals surface area (Å²) in [6.07, 6.45) is 6.95. The lowest BCUT2D eigenvalue weighted by Crippen LogP contribution is -2.26. The van der Waals surface area contributed by atoms with Gasteiger partial charge in [-0.3, -0.25) is 9.20 Å². The number of fused-ring (bicyclic) bond motifs is 1. The lowest BCUT2D eigenvalue weighted by molar-refractivity contribution is 0.0953. The molecule has 0 atom stereocenters. The van der Waals surface area contributed by atoms with Gasteiger partial charge in [-0.2, -0.15) is 0 Å². The highest BCUT2D eigenvalue weighted by atomic mass is 19.1. The van der Waals surface area contributed by atoms with E-state index in [9.17, 15) is 9.18 Å². The molecule has 0 spiro atoms. The molecule has 0 bridgehead atoms. The smallest absolute Gasteiger partial charge is 0.252 e. The SMILES string of the molecule is O=C(NCCc1ccccc1F)c1ccc2nnc(C3CCCC3)n2c1. The van der Waals surface area contributed by atoms with Crippen LogP contribution in [0.3, 0.4) is 0 Å². The Labute approximate surface area is 151 Å². The van der Waals surface area contributed by atoms with E-state index >= 15 is 0 Å². The third-order valence-corrected chi connectivity index (χ3v) is 5.05. The predicted octanol–water partition coefficient (Wildman–Crippen LogP) is 3.50. The maximum absolute atomic E-state index is 13.6. The van der Waals surface area contributed by atoms with Crippen LogP contribution in [0, 0.1) is 5.82 Å². The standard InChI is InChI=1S/C20H21FN4O/c21-17-8-4-3-5-14(17)11-12-22-20(26)16-9-10-18-23-24-19(25(18)13-16)15-6-1-2-7-15/h3-5,8-10,13,15H,1-2,6-7,11-12H2,(H,22,26). The zero-order valence-corrected chi connectivity index (χ0v) is 14.5. The molecular weight excluding hydrogens is 331 g/mol. The number of nitrogens with one attached hydrogen (secondary N) is 1. The van der Waals surface area contributed by atoms with Gasteiger partial charge in [-0.15, -0.1) is 10.2 Å². The van der Waals surface area contributed by atoms with E-state index in [1.54, 1.807) is 30.5 Å². The van der Waals surface area contributed by atoms with Crippen molar-refractivity contribution >= 4 is 11.6 Å². The largest absolute Gasteiger partial charge is 0.352 e. The summed E-state index contributed by atoms with van der Waals surface area (Å²) >= 11 is 0. The van der Waals surface area contributed by atoms with Gasteiger partial charge in [0.1, 0.15) is 11.6 Å². The monoisotopic (exact) mass is 352 g/mol. The first-order chi connectivity index (χ1) is 12.7. The lowest BCUT2D eigenvalue weighted by Gasteiger charge is -2.09. The molecule has 2 heterocycles. The normalized spacial score (nSPS) is 14.8. The molecule has 1 aromatic carbocycles. The minimum atomic E-state index is -0.242. The Morgan fingerprint density at radius 3 is 2.77 bits per heavy atom. The number of rotatable bonds is 5. The number of pyridine rings is 1. The molecule has 26 heavy (non-hydrogen) atoms. The number of benzene rings is 1. The number of hydrogen-bond donors (Lipinski definition) is 1. The molecule has 0 saturated heterocycles. The van der Waals surface area contributed by atoms with Crippen molar-refractivity contribution in [2.75, 3.05) is 6.54 Å². The van der Waals surface area contributed by atoms with Crippen molar-refractivity contribution in [3.63, 3.8) is 0 Å². The van der Waals surface area contributed by atoms with Crippen LogP contribution in [0.4, 0.5) is 4.39 Å². The fourth-order valence-corrected chi connectivity index (χ4v) is 3.62. The second kappa shape index (κ2) is 7.23. The van der Waals surface area contributed by atoms with Gasteiger partial charge in [-0.1, -0.05) is 31.0 Å². The Kier molecular flexibility index (Phi) is 4.65. The van der Waals surface area contributed by atoms with Crippen molar-refractivity contribution in [2.45, 2.75) is 38.0 Å². The highest BCUT2D eigenvalue weighted by Gasteiger charge is 2.22. The molecular formula is C20H21FN4O. The zero-order valence-electron chi connectivity index (χ0n) is 14.5. The molecule has 1 aliphatic carbocycles. The van der Waals surface area contributed by atoms with Crippen molar-refractivity contribution in [3.8, 4) is 0 Å². The first kappa shape index (κ1) is 16.7. The zero-order chi connectivity index (χ0) is 17.9. The number of aromatic nitrogens is 3. The summed E-state index contributed by atoms with van der Waals surface area (Å²) < 4.78 is 15.6. The van der Waals surface area contributed by atoms with Gasteiger partial charge in [0.2, 0.25) is 0 Å². The quantitative estimate of drug-likeness (QED) is 0.764. The number of amides is 1. The van der Waals surface area contributed by atoms with Gasteiger partial charge in [0, 0.05) is 18.7 Å². The van der Waals surface area contributed by atoms with Gasteiger partial charge in [0.25, 0.3) is 5.91 Å². The molecule has 3 aromatic rings. The average Bonchev–Trinajstić information content (AvgIpc) is 3.31. The van der Waals surface area contributed by atoms with Gasteiger partial charge in [-0.25, -0.2) is 4.39 Å². The third kappa shape index (κ3) is 3.31. The molecule has 1 fully saturated rings. The summed E-state index contributed by atoms with van der Waals surface area (Å²) in [5, 5.41) is 11.4. The van der Waals surface area contributed by atoms with E-state index in [0.29, 0.717) is 30.0 Å². The van der Waals surface area contributed by atoms with Gasteiger partial charge in [-0.05, 0) is 43.0 Å². The highest BCUT2D eigenvalue weighted by Crippen LogP contribution is 2.33. The van der Waals surface area contributed by atoms with Gasteiger partial charge < -0.3 is 5.32 Å². The van der Waals surface area contributed by atoms with Crippen LogP contribution in [0.1, 0.15) is 53.3 Å². The average molecular weight is 352 g/mol. The van der Waals surface area contributed by atoms with E-state index in [0.717, 1.165) is 24.3 Å². The van der Waals surface area contributed by atoms with Crippen LogP contribution >= 0.6 is 0 Å². The van der Waals surface area contributed by atoms with Crippen LogP contribution in [-0.2, 0) is 6.42 Å². The van der Waals surface area contributed by atoms with Crippen LogP contribution < -0.4 is 5.32 Å². The van der Waals surface area contributed by atoms with E-state index in [1.807, 2.05) is 10.5 Å². The van der Waals surface area contributed by atoms with Crippen LogP contribution in [0.25, 0.3) is 5.65 Å². The summed E-state index contributed by atoms with van der Waals surface area (Å²) in [5.41, 5.74) is 1.92. The Hall–Kier alpha value is -2.76. The Bertz CT molecular complexity index is 930. The molecule has 1 N–H and O–H groups in total. The molecule has 1 aliphatic rings. The van der Waals surface area contributed by atoms with E-state index in [-0.39, 0.29) is 11.7 Å². The first-order valence-electron chi connectivity index (χ1n) is 9.08. The second-order valence-electron chi connectivity index (χ2n) is 6.78. The van der Waals surface area contributed by atoms with E-state index in [4.69, 9.17) is 0 Å². The summed E-state index contributed by atoms with van der Waals surface area (Å²) in [4.78, 5) is 12.5. The topological polar surface area (TPSA) is 59.3 Å². The van der Waals surface area contributed by atoms with Gasteiger partial charge in [0.05, 0.1) is 5.56 Å². The van der Waals surface area contributed by atoms with E-state index < -0.39 is 0 Å². The Morgan fingerprint density at radius 2 is 1.96 bits per heavy atom. The molecule has 0 radical (unpaired) electrons. The van der Waals surface area contributed by atoms with Crippen LogP contribution in [0.2, 0.25) is 0 Å². The molecule has 5 nitrogen and oxygen atoms in total. The lowest BCUT2D eigenvalue weighted by atomic mass is 10.1. The predicted molar refractivity (Wildman–Crippen MR) is 96.6 cm³/mol. The molecule has 1 saturated carbocycles. The van der Waals surface area contributed by atoms with E-state index in [1.165, 1.54) is 18.9 Å². The van der Waals surface area contributed by atoms with Crippen LogP contribution in [0.15, 0.2) is 42.6 Å². The molecule has 2 aromatic heterocycles. The molecule has 1 amide bonds. The molecule has 6 heteroatoms. The molecule has 4 rings (SSSR count). The second-order valence-corrected chi connectivity index (χ2v) is 6.78. The van der Waals surface area contributed by atoms with Crippen molar-refractivity contribution in [2.24, 2.45) is 0 Å². The third-order valence-electron chi connectivity index (χ3n) is 5.05. The van der Waals surface area contributed by atoms with Crippen molar-refractivity contribution in [3.05, 3.63) is 65.4 Å². The number of halogens is 1. The van der Waals surface area contributed by atoms with Crippen molar-refractivity contribution < 1.29 is 9.18 Å². The van der Waals surface area contributed by atoms with E-state index in [2.05, 4.69) is 15.5 Å². The fraction of sp³-hybridized carbons (Fsp3) is 0.350. The molecule has 0 aliphatic heterocycles. The number of carbonyl (C=O) groups excluding carboxylic acids is 1. The van der Waals surface area contributed by atoms with Crippen molar-refractivity contribution in [1.82, 2.24) is 19.9 Å².